The van der Waals surface area contributed by atoms with E-state index < -0.39 is 12.1 Å². The number of urea groups is 2. The summed E-state index contributed by atoms with van der Waals surface area (Å²) in [5.41, 5.74) is 0.987. The van der Waals surface area contributed by atoms with E-state index in [2.05, 4.69) is 10.6 Å². The molecule has 2 N–H and O–H groups in total. The Bertz CT molecular complexity index is 365. The highest BCUT2D eigenvalue weighted by molar-refractivity contribution is 5.92. The van der Waals surface area contributed by atoms with Gasteiger partial charge in [0.15, 0.2) is 0 Å². The van der Waals surface area contributed by atoms with E-state index in [-0.39, 0.29) is 0 Å². The predicted octanol–water partition coefficient (Wildman–Crippen LogP) is 1.17. The van der Waals surface area contributed by atoms with Crippen LogP contribution in [0.1, 0.15) is 5.56 Å². The van der Waals surface area contributed by atoms with Crippen LogP contribution in [0.4, 0.5) is 9.59 Å². The van der Waals surface area contributed by atoms with Crippen molar-refractivity contribution in [3.63, 3.8) is 0 Å². The van der Waals surface area contributed by atoms with E-state index in [0.717, 1.165) is 10.5 Å². The number of nitrogens with one attached hydrogen (secondary N) is 2. The van der Waals surface area contributed by atoms with Gasteiger partial charge in [-0.3, -0.25) is 0 Å². The quantitative estimate of drug-likeness (QED) is 0.787. The number of amides is 4. The molecule has 0 aliphatic rings. The number of nitrogens with zero attached hydrogens (tertiary/aromatic N) is 1. The molecule has 5 heteroatoms. The van der Waals surface area contributed by atoms with E-state index in [1.165, 1.54) is 14.1 Å². The Labute approximate surface area is 94.4 Å². The number of benzene rings is 1. The molecule has 0 spiro atoms. The van der Waals surface area contributed by atoms with Crippen molar-refractivity contribution in [1.82, 2.24) is 15.5 Å². The lowest BCUT2D eigenvalue weighted by atomic mass is 10.2. The molecule has 0 unspecified atom stereocenters. The van der Waals surface area contributed by atoms with Crippen LogP contribution in [0, 0.1) is 0 Å². The Morgan fingerprint density at radius 3 is 2.38 bits per heavy atom. The Morgan fingerprint density at radius 1 is 1.19 bits per heavy atom. The highest BCUT2D eigenvalue weighted by Gasteiger charge is 2.13. The zero-order valence-electron chi connectivity index (χ0n) is 9.36. The SMILES string of the molecule is CNC(=O)N(C)C(=O)NCc1ccccc1. The number of hydrogen-bond acceptors (Lipinski definition) is 2. The molecule has 0 aliphatic carbocycles. The first-order valence-electron chi connectivity index (χ1n) is 4.92. The Hall–Kier alpha value is -2.04. The number of hydrogen-bond donors (Lipinski definition) is 2. The van der Waals surface area contributed by atoms with Crippen LogP contribution in [0.25, 0.3) is 0 Å². The summed E-state index contributed by atoms with van der Waals surface area (Å²) in [6, 6.07) is 8.63. The second-order valence-corrected chi connectivity index (χ2v) is 3.26. The molecule has 0 radical (unpaired) electrons. The van der Waals surface area contributed by atoms with Gasteiger partial charge in [0.25, 0.3) is 0 Å². The van der Waals surface area contributed by atoms with Crippen LogP contribution < -0.4 is 10.6 Å². The number of carbonyl (C=O) groups is 2. The zero-order valence-corrected chi connectivity index (χ0v) is 9.36. The molecular formula is C11H15N3O2. The second-order valence-electron chi connectivity index (χ2n) is 3.26. The van der Waals surface area contributed by atoms with E-state index >= 15 is 0 Å². The highest BCUT2D eigenvalue weighted by Crippen LogP contribution is 1.97. The monoisotopic (exact) mass is 221 g/mol. The molecule has 0 bridgehead atoms. The van der Waals surface area contributed by atoms with Crippen LogP contribution in [0.3, 0.4) is 0 Å². The van der Waals surface area contributed by atoms with E-state index in [4.69, 9.17) is 0 Å². The van der Waals surface area contributed by atoms with Gasteiger partial charge in [-0.1, -0.05) is 30.3 Å². The van der Waals surface area contributed by atoms with Gasteiger partial charge in [0.2, 0.25) is 0 Å². The average Bonchev–Trinajstić information content (AvgIpc) is 2.35. The molecule has 86 valence electrons. The third-order valence-electron chi connectivity index (χ3n) is 2.11. The van der Waals surface area contributed by atoms with Crippen molar-refractivity contribution in [3.8, 4) is 0 Å². The minimum absolute atomic E-state index is 0.404. The molecule has 0 atom stereocenters. The van der Waals surface area contributed by atoms with Crippen molar-refractivity contribution >= 4 is 12.1 Å². The number of carbonyl (C=O) groups excluding carboxylic acids is 2. The van der Waals surface area contributed by atoms with Gasteiger partial charge >= 0.3 is 12.1 Å². The van der Waals surface area contributed by atoms with Crippen molar-refractivity contribution in [1.29, 1.82) is 0 Å². The lowest BCUT2D eigenvalue weighted by molar-refractivity contribution is 0.195. The number of imide groups is 1. The lowest BCUT2D eigenvalue weighted by Gasteiger charge is -2.15. The fourth-order valence-corrected chi connectivity index (χ4v) is 1.15. The molecule has 1 aromatic carbocycles. The Kier molecular flexibility index (Phi) is 4.32. The minimum atomic E-state index is -0.439. The maximum atomic E-state index is 11.5. The molecule has 0 saturated carbocycles. The molecular weight excluding hydrogens is 206 g/mol. The van der Waals surface area contributed by atoms with Crippen LogP contribution in [0.2, 0.25) is 0 Å². The molecule has 5 nitrogen and oxygen atoms in total. The van der Waals surface area contributed by atoms with Gasteiger partial charge in [0.1, 0.15) is 0 Å². The molecule has 0 saturated heterocycles. The molecule has 16 heavy (non-hydrogen) atoms. The van der Waals surface area contributed by atoms with Gasteiger partial charge in [-0.05, 0) is 5.56 Å². The second kappa shape index (κ2) is 5.75. The van der Waals surface area contributed by atoms with Gasteiger partial charge in [-0.2, -0.15) is 0 Å². The number of rotatable bonds is 2. The minimum Gasteiger partial charge on any atom is -0.341 e. The smallest absolute Gasteiger partial charge is 0.325 e. The molecule has 0 heterocycles. The zero-order chi connectivity index (χ0) is 12.0. The summed E-state index contributed by atoms with van der Waals surface area (Å²) in [5.74, 6) is 0. The first kappa shape index (κ1) is 12.0. The first-order chi connectivity index (χ1) is 7.65. The molecule has 1 aromatic rings. The topological polar surface area (TPSA) is 61.4 Å². The van der Waals surface area contributed by atoms with Crippen LogP contribution >= 0.6 is 0 Å². The van der Waals surface area contributed by atoms with Crippen molar-refractivity contribution in [2.75, 3.05) is 14.1 Å². The summed E-state index contributed by atoms with van der Waals surface area (Å²) in [6.07, 6.45) is 0. The molecule has 0 aromatic heterocycles. The molecule has 1 rings (SSSR count). The van der Waals surface area contributed by atoms with Gasteiger partial charge in [-0.25, -0.2) is 14.5 Å². The third-order valence-corrected chi connectivity index (χ3v) is 2.11. The molecule has 4 amide bonds. The van der Waals surface area contributed by atoms with Crippen molar-refractivity contribution in [3.05, 3.63) is 35.9 Å². The fraction of sp³-hybridized carbons (Fsp3) is 0.273. The van der Waals surface area contributed by atoms with E-state index in [1.807, 2.05) is 30.3 Å². The average molecular weight is 221 g/mol. The largest absolute Gasteiger partial charge is 0.341 e. The van der Waals surface area contributed by atoms with Gasteiger partial charge in [0.05, 0.1) is 0 Å². The summed E-state index contributed by atoms with van der Waals surface area (Å²) >= 11 is 0. The third kappa shape index (κ3) is 3.27. The molecule has 0 fully saturated rings. The van der Waals surface area contributed by atoms with E-state index in [0.29, 0.717) is 6.54 Å². The van der Waals surface area contributed by atoms with E-state index in [9.17, 15) is 9.59 Å². The maximum Gasteiger partial charge on any atom is 0.325 e. The van der Waals surface area contributed by atoms with Gasteiger partial charge in [0, 0.05) is 20.6 Å². The highest BCUT2D eigenvalue weighted by atomic mass is 16.2. The summed E-state index contributed by atoms with van der Waals surface area (Å²) in [4.78, 5) is 23.6. The summed E-state index contributed by atoms with van der Waals surface area (Å²) < 4.78 is 0. The standard InChI is InChI=1S/C11H15N3O2/c1-12-10(15)14(2)11(16)13-8-9-6-4-3-5-7-9/h3-7H,8H2,1-2H3,(H,12,15)(H,13,16). The van der Waals surface area contributed by atoms with Crippen LogP contribution in [0.15, 0.2) is 30.3 Å². The van der Waals surface area contributed by atoms with Crippen LogP contribution in [0.5, 0.6) is 0 Å². The predicted molar refractivity (Wildman–Crippen MR) is 60.9 cm³/mol. The normalized spacial score (nSPS) is 9.38. The van der Waals surface area contributed by atoms with Crippen LogP contribution in [-0.4, -0.2) is 31.1 Å². The Morgan fingerprint density at radius 2 is 1.81 bits per heavy atom. The molecule has 0 aliphatic heterocycles. The summed E-state index contributed by atoms with van der Waals surface area (Å²) in [6.45, 7) is 0.404. The lowest BCUT2D eigenvalue weighted by Crippen LogP contribution is -2.44. The summed E-state index contributed by atoms with van der Waals surface area (Å²) in [5, 5.41) is 5.01. The maximum absolute atomic E-state index is 11.5. The Balaban J connectivity index is 2.44. The van der Waals surface area contributed by atoms with Gasteiger partial charge < -0.3 is 10.6 Å². The van der Waals surface area contributed by atoms with Crippen molar-refractivity contribution < 1.29 is 9.59 Å². The van der Waals surface area contributed by atoms with Crippen molar-refractivity contribution in [2.45, 2.75) is 6.54 Å². The van der Waals surface area contributed by atoms with Crippen LogP contribution in [-0.2, 0) is 6.54 Å². The fourth-order valence-electron chi connectivity index (χ4n) is 1.15. The van der Waals surface area contributed by atoms with E-state index in [1.54, 1.807) is 0 Å². The van der Waals surface area contributed by atoms with Gasteiger partial charge in [-0.15, -0.1) is 0 Å². The summed E-state index contributed by atoms with van der Waals surface area (Å²) in [7, 11) is 2.89. The first-order valence-corrected chi connectivity index (χ1v) is 4.92. The van der Waals surface area contributed by atoms with Crippen molar-refractivity contribution in [2.24, 2.45) is 0 Å².